The number of ether oxygens (including phenoxy) is 2. The predicted molar refractivity (Wildman–Crippen MR) is 211 cm³/mol. The zero-order chi connectivity index (χ0) is 35.5. The van der Waals surface area contributed by atoms with Gasteiger partial charge >= 0.3 is 0 Å². The van der Waals surface area contributed by atoms with Gasteiger partial charge in [-0.3, -0.25) is 4.98 Å². The molecule has 49 heavy (non-hydrogen) atoms. The van der Waals surface area contributed by atoms with Crippen LogP contribution in [-0.2, 0) is 6.42 Å². The highest BCUT2D eigenvalue weighted by molar-refractivity contribution is 6.34. The van der Waals surface area contributed by atoms with Gasteiger partial charge in [0.2, 0.25) is 0 Å². The number of fused-ring (bicyclic) bond motifs is 1. The summed E-state index contributed by atoms with van der Waals surface area (Å²) >= 11 is 12.0. The second-order valence-corrected chi connectivity index (χ2v) is 14.5. The van der Waals surface area contributed by atoms with Crippen molar-refractivity contribution in [3.8, 4) is 11.5 Å². The van der Waals surface area contributed by atoms with Gasteiger partial charge < -0.3 is 14.8 Å². The van der Waals surface area contributed by atoms with Crippen molar-refractivity contribution in [2.75, 3.05) is 25.1 Å². The molecule has 4 nitrogen and oxygen atoms in total. The van der Waals surface area contributed by atoms with Crippen molar-refractivity contribution in [3.05, 3.63) is 129 Å². The minimum Gasteiger partial charge on any atom is -0.493 e. The molecule has 2 aliphatic rings. The number of nitrogens with zero attached hydrogens (tertiary/aromatic N) is 1. The fraction of sp³-hybridized carbons (Fsp3) is 0.372. The molecule has 260 valence electrons. The number of hydrogen-bond acceptors (Lipinski definition) is 4. The summed E-state index contributed by atoms with van der Waals surface area (Å²) in [5.74, 6) is 4.05. The smallest absolute Gasteiger partial charge is 0.144 e. The van der Waals surface area contributed by atoms with Crippen LogP contribution in [0.3, 0.4) is 0 Å². The van der Waals surface area contributed by atoms with Crippen LogP contribution in [0.1, 0.15) is 107 Å². The van der Waals surface area contributed by atoms with Crippen molar-refractivity contribution >= 4 is 39.8 Å². The molecule has 0 saturated heterocycles. The number of hydrogen-bond donors (Lipinski definition) is 1. The molecule has 5 aromatic rings. The Kier molecular flexibility index (Phi) is 14.2. The Labute approximate surface area is 304 Å². The minimum atomic E-state index is 0.441. The summed E-state index contributed by atoms with van der Waals surface area (Å²) in [6.07, 6.45) is 2.91. The summed E-state index contributed by atoms with van der Waals surface area (Å²) in [5.41, 5.74) is 8.67. The van der Waals surface area contributed by atoms with Crippen LogP contribution in [0.15, 0.2) is 91.1 Å². The normalized spacial score (nSPS) is 12.8. The SMILES string of the molecule is CC(C)c1ccc(Cl)cc1.CC(C)c1ccc2c(c1Cl)NCCO2.CC(C)c1ccc2c3c(ccnc13)CCO2.CC(C)c1ccccc1. The van der Waals surface area contributed by atoms with Crippen molar-refractivity contribution in [2.45, 2.75) is 85.5 Å². The number of nitrogens with one attached hydrogen (secondary N) is 1. The Morgan fingerprint density at radius 2 is 1.20 bits per heavy atom. The van der Waals surface area contributed by atoms with Crippen molar-refractivity contribution < 1.29 is 9.47 Å². The van der Waals surface area contributed by atoms with Gasteiger partial charge in [-0.05, 0) is 81.8 Å². The first-order valence-corrected chi connectivity index (χ1v) is 18.3. The first-order valence-electron chi connectivity index (χ1n) is 17.5. The monoisotopic (exact) mass is 698 g/mol. The second kappa shape index (κ2) is 18.3. The Morgan fingerprint density at radius 1 is 0.612 bits per heavy atom. The molecule has 0 fully saturated rings. The maximum atomic E-state index is 6.28. The molecule has 0 bridgehead atoms. The quantitative estimate of drug-likeness (QED) is 0.203. The maximum Gasteiger partial charge on any atom is 0.144 e. The largest absolute Gasteiger partial charge is 0.493 e. The molecule has 0 unspecified atom stereocenters. The highest BCUT2D eigenvalue weighted by Gasteiger charge is 2.18. The van der Waals surface area contributed by atoms with Gasteiger partial charge in [0.15, 0.2) is 0 Å². The second-order valence-electron chi connectivity index (χ2n) is 13.6. The van der Waals surface area contributed by atoms with E-state index in [-0.39, 0.29) is 0 Å². The lowest BCUT2D eigenvalue weighted by molar-refractivity contribution is 0.318. The number of aromatic nitrogens is 1. The van der Waals surface area contributed by atoms with E-state index in [1.807, 2.05) is 36.5 Å². The molecule has 0 atom stereocenters. The van der Waals surface area contributed by atoms with Gasteiger partial charge in [0.1, 0.15) is 18.1 Å². The third-order valence-electron chi connectivity index (χ3n) is 8.64. The van der Waals surface area contributed by atoms with Crippen molar-refractivity contribution in [2.24, 2.45) is 0 Å². The zero-order valence-electron chi connectivity index (χ0n) is 30.3. The molecule has 3 heterocycles. The number of pyridine rings is 1. The average molecular weight is 700 g/mol. The highest BCUT2D eigenvalue weighted by atomic mass is 35.5. The Balaban J connectivity index is 0.000000151. The van der Waals surface area contributed by atoms with Crippen LogP contribution in [0.5, 0.6) is 11.5 Å². The molecule has 7 rings (SSSR count). The van der Waals surface area contributed by atoms with Crippen LogP contribution in [0.4, 0.5) is 5.69 Å². The first kappa shape index (κ1) is 38.1. The Hall–Kier alpha value is -3.73. The minimum absolute atomic E-state index is 0.441. The molecule has 2 aliphatic heterocycles. The summed E-state index contributed by atoms with van der Waals surface area (Å²) in [4.78, 5) is 4.53. The lowest BCUT2D eigenvalue weighted by atomic mass is 9.95. The summed E-state index contributed by atoms with van der Waals surface area (Å²) in [6, 6.07) is 28.9. The van der Waals surface area contributed by atoms with Crippen molar-refractivity contribution in [1.29, 1.82) is 0 Å². The molecule has 6 heteroatoms. The number of benzene rings is 4. The molecule has 0 spiro atoms. The van der Waals surface area contributed by atoms with Crippen LogP contribution in [0.25, 0.3) is 10.9 Å². The summed E-state index contributed by atoms with van der Waals surface area (Å²) in [5, 5.41) is 6.10. The highest BCUT2D eigenvalue weighted by Crippen LogP contribution is 2.39. The fourth-order valence-electron chi connectivity index (χ4n) is 5.72. The van der Waals surface area contributed by atoms with Gasteiger partial charge in [-0.15, -0.1) is 0 Å². The van der Waals surface area contributed by atoms with Gasteiger partial charge in [-0.2, -0.15) is 0 Å². The lowest BCUT2D eigenvalue weighted by Crippen LogP contribution is -2.18. The van der Waals surface area contributed by atoms with Crippen LogP contribution in [0, 0.1) is 0 Å². The van der Waals surface area contributed by atoms with E-state index >= 15 is 0 Å². The van der Waals surface area contributed by atoms with E-state index in [1.165, 1.54) is 33.2 Å². The first-order chi connectivity index (χ1) is 23.5. The molecular weight excluding hydrogens is 647 g/mol. The van der Waals surface area contributed by atoms with E-state index in [1.54, 1.807) is 0 Å². The van der Waals surface area contributed by atoms with Crippen LogP contribution >= 0.6 is 23.2 Å². The lowest BCUT2D eigenvalue weighted by Gasteiger charge is -2.22. The van der Waals surface area contributed by atoms with Crippen LogP contribution in [0.2, 0.25) is 10.0 Å². The standard InChI is InChI=1S/C14H15NO.C11H14ClNO.C9H11Cl.C9H12/c1-9(2)11-3-4-12-13-10(6-8-16-12)5-7-15-14(11)13;1-7(2)8-3-4-9-11(10(8)12)13-5-6-14-9;1-7(2)8-3-5-9(10)6-4-8;1-8(2)9-6-4-3-5-7-9/h3-5,7,9H,6,8H2,1-2H3;3-4,7,13H,5-6H2,1-2H3;3-7H,1-2H3;3-8H,1-2H3. The van der Waals surface area contributed by atoms with E-state index in [9.17, 15) is 0 Å². The molecular formula is C43H52Cl2N2O2. The van der Waals surface area contributed by atoms with E-state index in [2.05, 4.69) is 120 Å². The average Bonchev–Trinajstić information content (AvgIpc) is 3.10. The van der Waals surface area contributed by atoms with Crippen molar-refractivity contribution in [1.82, 2.24) is 4.98 Å². The zero-order valence-corrected chi connectivity index (χ0v) is 31.8. The molecule has 0 amide bonds. The van der Waals surface area contributed by atoms with Gasteiger partial charge in [0.05, 0.1) is 22.8 Å². The number of halogens is 2. The molecule has 0 saturated carbocycles. The van der Waals surface area contributed by atoms with Gasteiger partial charge in [0.25, 0.3) is 0 Å². The maximum absolute atomic E-state index is 6.28. The van der Waals surface area contributed by atoms with E-state index in [4.69, 9.17) is 32.7 Å². The van der Waals surface area contributed by atoms with Crippen molar-refractivity contribution in [3.63, 3.8) is 0 Å². The molecule has 0 aliphatic carbocycles. The fourth-order valence-corrected chi connectivity index (χ4v) is 6.28. The Morgan fingerprint density at radius 3 is 1.82 bits per heavy atom. The van der Waals surface area contributed by atoms with Gasteiger partial charge in [0, 0.05) is 29.6 Å². The van der Waals surface area contributed by atoms with E-state index in [0.717, 1.165) is 52.3 Å². The van der Waals surface area contributed by atoms with E-state index < -0.39 is 0 Å². The molecule has 0 radical (unpaired) electrons. The Bertz CT molecular complexity index is 1760. The third-order valence-corrected chi connectivity index (χ3v) is 9.30. The molecule has 4 aromatic carbocycles. The summed E-state index contributed by atoms with van der Waals surface area (Å²) in [7, 11) is 0. The summed E-state index contributed by atoms with van der Waals surface area (Å²) in [6.45, 7) is 19.8. The van der Waals surface area contributed by atoms with Gasteiger partial charge in [-0.1, -0.05) is 133 Å². The third kappa shape index (κ3) is 10.4. The topological polar surface area (TPSA) is 43.4 Å². The van der Waals surface area contributed by atoms with Gasteiger partial charge in [-0.25, -0.2) is 0 Å². The molecule has 1 N–H and O–H groups in total. The molecule has 1 aromatic heterocycles. The number of rotatable bonds is 4. The summed E-state index contributed by atoms with van der Waals surface area (Å²) < 4.78 is 11.2. The predicted octanol–water partition coefficient (Wildman–Crippen LogP) is 12.8. The van der Waals surface area contributed by atoms with Crippen LogP contribution in [-0.4, -0.2) is 24.7 Å². The van der Waals surface area contributed by atoms with Crippen LogP contribution < -0.4 is 14.8 Å². The van der Waals surface area contributed by atoms with E-state index in [0.29, 0.717) is 30.3 Å². The number of anilines is 1.